The third-order valence-corrected chi connectivity index (χ3v) is 5.01. The van der Waals surface area contributed by atoms with Crippen molar-refractivity contribution in [2.45, 2.75) is 58.3 Å². The molecule has 2 aromatic rings. The van der Waals surface area contributed by atoms with Crippen LogP contribution in [-0.2, 0) is 11.8 Å². The second-order valence-electron chi connectivity index (χ2n) is 8.02. The van der Waals surface area contributed by atoms with E-state index in [1.54, 1.807) is 0 Å². The second kappa shape index (κ2) is 7.91. The number of ether oxygens (including phenoxy) is 1. The van der Waals surface area contributed by atoms with E-state index in [0.29, 0.717) is 0 Å². The van der Waals surface area contributed by atoms with Gasteiger partial charge in [-0.3, -0.25) is 0 Å². The molecule has 0 saturated carbocycles. The maximum atomic E-state index is 5.89. The van der Waals surface area contributed by atoms with Crippen LogP contribution in [0.4, 0.5) is 0 Å². The average Bonchev–Trinajstić information content (AvgIpc) is 3.01. The molecule has 0 aliphatic heterocycles. The molecule has 0 amide bonds. The second-order valence-corrected chi connectivity index (χ2v) is 8.02. The maximum Gasteiger partial charge on any atom is 0.119 e. The third-order valence-electron chi connectivity index (χ3n) is 5.01. The van der Waals surface area contributed by atoms with Crippen molar-refractivity contribution in [3.05, 3.63) is 71.3 Å². The molecular formula is C24H30O. The molecule has 1 aliphatic carbocycles. The Labute approximate surface area is 152 Å². The number of hydrogen-bond donors (Lipinski definition) is 0. The van der Waals surface area contributed by atoms with Gasteiger partial charge in [0, 0.05) is 0 Å². The van der Waals surface area contributed by atoms with E-state index in [0.717, 1.165) is 25.2 Å². The van der Waals surface area contributed by atoms with E-state index >= 15 is 0 Å². The van der Waals surface area contributed by atoms with Crippen LogP contribution in [0.3, 0.4) is 0 Å². The molecule has 1 aliphatic rings. The lowest BCUT2D eigenvalue weighted by Gasteiger charge is -2.19. The first-order valence-electron chi connectivity index (χ1n) is 9.55. The zero-order chi connectivity index (χ0) is 17.7. The molecule has 0 spiro atoms. The van der Waals surface area contributed by atoms with Gasteiger partial charge < -0.3 is 4.74 Å². The van der Waals surface area contributed by atoms with Crippen LogP contribution in [0.25, 0.3) is 5.57 Å². The van der Waals surface area contributed by atoms with E-state index in [1.807, 2.05) is 0 Å². The Morgan fingerprint density at radius 2 is 1.64 bits per heavy atom. The van der Waals surface area contributed by atoms with Gasteiger partial charge in [-0.25, -0.2) is 0 Å². The molecule has 0 radical (unpaired) electrons. The predicted octanol–water partition coefficient (Wildman–Crippen LogP) is 6.56. The molecule has 0 saturated heterocycles. The summed E-state index contributed by atoms with van der Waals surface area (Å²) < 4.78 is 5.89. The quantitative estimate of drug-likeness (QED) is 0.521. The Morgan fingerprint density at radius 3 is 2.40 bits per heavy atom. The van der Waals surface area contributed by atoms with Gasteiger partial charge in [-0.1, -0.05) is 63.2 Å². The predicted molar refractivity (Wildman–Crippen MR) is 107 cm³/mol. The average molecular weight is 335 g/mol. The molecule has 132 valence electrons. The molecule has 0 unspecified atom stereocenters. The molecule has 0 bridgehead atoms. The smallest absolute Gasteiger partial charge is 0.119 e. The van der Waals surface area contributed by atoms with Crippen molar-refractivity contribution in [3.8, 4) is 5.75 Å². The van der Waals surface area contributed by atoms with Crippen LogP contribution in [0, 0.1) is 0 Å². The molecule has 25 heavy (non-hydrogen) atoms. The molecule has 0 heterocycles. The topological polar surface area (TPSA) is 9.23 Å². The number of hydrogen-bond acceptors (Lipinski definition) is 1. The lowest BCUT2D eigenvalue weighted by molar-refractivity contribution is 0.305. The first-order chi connectivity index (χ1) is 12.0. The van der Waals surface area contributed by atoms with Gasteiger partial charge in [0.1, 0.15) is 5.75 Å². The lowest BCUT2D eigenvalue weighted by atomic mass is 9.87. The van der Waals surface area contributed by atoms with Crippen molar-refractivity contribution in [1.29, 1.82) is 0 Å². The normalized spacial score (nSPS) is 13.5. The molecule has 0 N–H and O–H groups in total. The number of rotatable bonds is 7. The molecule has 0 fully saturated rings. The highest BCUT2D eigenvalue weighted by Crippen LogP contribution is 2.31. The monoisotopic (exact) mass is 334 g/mol. The summed E-state index contributed by atoms with van der Waals surface area (Å²) in [4.78, 5) is 0. The number of unbranched alkanes of at least 4 members (excludes halogenated alkanes) is 2. The molecule has 0 atom stereocenters. The highest BCUT2D eigenvalue weighted by atomic mass is 16.5. The summed E-state index contributed by atoms with van der Waals surface area (Å²) in [5.74, 6) is 0.987. The largest absolute Gasteiger partial charge is 0.494 e. The molecule has 3 rings (SSSR count). The van der Waals surface area contributed by atoms with E-state index in [9.17, 15) is 0 Å². The molecule has 2 aromatic carbocycles. The van der Waals surface area contributed by atoms with Crippen molar-refractivity contribution in [1.82, 2.24) is 0 Å². The Bertz CT molecular complexity index is 717. The number of fused-ring (bicyclic) bond motifs is 1. The van der Waals surface area contributed by atoms with E-state index in [2.05, 4.69) is 75.4 Å². The Hall–Kier alpha value is -2.02. The standard InChI is InChI=1S/C24H30O/c1-24(2,3)21-14-16-22(17-15-21)25-18-8-4-5-9-19-12-13-20-10-6-7-11-23(19)20/h6-7,10-12,14-17H,4-5,8-9,13,18H2,1-3H3. The van der Waals surface area contributed by atoms with Crippen molar-refractivity contribution in [2.75, 3.05) is 6.61 Å². The van der Waals surface area contributed by atoms with Crippen LogP contribution in [0.2, 0.25) is 0 Å². The Kier molecular flexibility index (Phi) is 5.63. The van der Waals surface area contributed by atoms with E-state index < -0.39 is 0 Å². The third kappa shape index (κ3) is 4.75. The summed E-state index contributed by atoms with van der Waals surface area (Å²) in [5, 5.41) is 0. The lowest BCUT2D eigenvalue weighted by Crippen LogP contribution is -2.10. The zero-order valence-corrected chi connectivity index (χ0v) is 15.8. The Morgan fingerprint density at radius 1 is 0.880 bits per heavy atom. The van der Waals surface area contributed by atoms with Crippen molar-refractivity contribution in [2.24, 2.45) is 0 Å². The van der Waals surface area contributed by atoms with Crippen LogP contribution in [-0.4, -0.2) is 6.61 Å². The first kappa shape index (κ1) is 17.8. The van der Waals surface area contributed by atoms with Gasteiger partial charge >= 0.3 is 0 Å². The van der Waals surface area contributed by atoms with Gasteiger partial charge in [0.2, 0.25) is 0 Å². The minimum absolute atomic E-state index is 0.200. The van der Waals surface area contributed by atoms with E-state index in [4.69, 9.17) is 4.74 Å². The van der Waals surface area contributed by atoms with Gasteiger partial charge in [0.05, 0.1) is 6.61 Å². The van der Waals surface area contributed by atoms with Crippen LogP contribution in [0.1, 0.15) is 63.1 Å². The zero-order valence-electron chi connectivity index (χ0n) is 15.8. The summed E-state index contributed by atoms with van der Waals surface area (Å²) >= 11 is 0. The maximum absolute atomic E-state index is 5.89. The number of benzene rings is 2. The van der Waals surface area contributed by atoms with Crippen molar-refractivity contribution < 1.29 is 4.74 Å². The fourth-order valence-electron chi connectivity index (χ4n) is 3.43. The summed E-state index contributed by atoms with van der Waals surface area (Å²) in [6, 6.07) is 17.4. The van der Waals surface area contributed by atoms with Crippen molar-refractivity contribution in [3.63, 3.8) is 0 Å². The SMILES string of the molecule is CC(C)(C)c1ccc(OCCCCCC2=CCc3ccccc32)cc1. The minimum Gasteiger partial charge on any atom is -0.494 e. The van der Waals surface area contributed by atoms with E-state index in [-0.39, 0.29) is 5.41 Å². The minimum atomic E-state index is 0.200. The van der Waals surface area contributed by atoms with E-state index in [1.165, 1.54) is 41.5 Å². The van der Waals surface area contributed by atoms with Gasteiger partial charge in [0.25, 0.3) is 0 Å². The Balaban J connectivity index is 1.35. The molecule has 1 nitrogen and oxygen atoms in total. The highest BCUT2D eigenvalue weighted by Gasteiger charge is 2.13. The summed E-state index contributed by atoms with van der Waals surface area (Å²) in [6.07, 6.45) is 8.29. The molecular weight excluding hydrogens is 304 g/mol. The highest BCUT2D eigenvalue weighted by molar-refractivity contribution is 5.72. The van der Waals surface area contributed by atoms with Gasteiger partial charge in [-0.2, -0.15) is 0 Å². The van der Waals surface area contributed by atoms with Gasteiger partial charge in [-0.05, 0) is 71.9 Å². The first-order valence-corrected chi connectivity index (χ1v) is 9.55. The summed E-state index contributed by atoms with van der Waals surface area (Å²) in [7, 11) is 0. The van der Waals surface area contributed by atoms with Crippen LogP contribution in [0.15, 0.2) is 54.6 Å². The molecule has 1 heteroatoms. The van der Waals surface area contributed by atoms with Gasteiger partial charge in [-0.15, -0.1) is 0 Å². The molecule has 0 aromatic heterocycles. The fraction of sp³-hybridized carbons (Fsp3) is 0.417. The summed E-state index contributed by atoms with van der Waals surface area (Å²) in [6.45, 7) is 7.52. The van der Waals surface area contributed by atoms with Crippen LogP contribution < -0.4 is 4.74 Å². The van der Waals surface area contributed by atoms with Crippen molar-refractivity contribution >= 4 is 5.57 Å². The van der Waals surface area contributed by atoms with Gasteiger partial charge in [0.15, 0.2) is 0 Å². The summed E-state index contributed by atoms with van der Waals surface area (Å²) in [5.41, 5.74) is 6.04. The van der Waals surface area contributed by atoms with Crippen LogP contribution in [0.5, 0.6) is 5.75 Å². The fourth-order valence-corrected chi connectivity index (χ4v) is 3.43. The van der Waals surface area contributed by atoms with Crippen LogP contribution >= 0.6 is 0 Å². The number of allylic oxidation sites excluding steroid dienone is 2.